The number of ether oxygens (including phenoxy) is 1. The fourth-order valence-electron chi connectivity index (χ4n) is 9.70. The number of nitrogens with zero attached hydrogens (tertiary/aromatic N) is 2. The normalized spacial score (nSPS) is 25.4. The Labute approximate surface area is 329 Å². The molecule has 0 spiro atoms. The molecular weight excluding hydrogens is 732 g/mol. The van der Waals surface area contributed by atoms with Gasteiger partial charge in [-0.2, -0.15) is 0 Å². The van der Waals surface area contributed by atoms with Gasteiger partial charge in [0.2, 0.25) is 23.6 Å². The van der Waals surface area contributed by atoms with Crippen molar-refractivity contribution < 1.29 is 38.9 Å². The summed E-state index contributed by atoms with van der Waals surface area (Å²) in [6, 6.07) is 30.4. The van der Waals surface area contributed by atoms with Crippen LogP contribution in [0.2, 0.25) is 5.02 Å². The van der Waals surface area contributed by atoms with Crippen LogP contribution in [-0.4, -0.2) is 51.3 Å². The van der Waals surface area contributed by atoms with Crippen molar-refractivity contribution in [3.05, 3.63) is 136 Å². The van der Waals surface area contributed by atoms with Crippen molar-refractivity contribution in [2.75, 3.05) is 11.4 Å². The molecule has 6 atom stereocenters. The fourth-order valence-corrected chi connectivity index (χ4v) is 9.88. The van der Waals surface area contributed by atoms with Crippen LogP contribution in [-0.2, 0) is 36.0 Å². The quantitative estimate of drug-likeness (QED) is 0.0861. The van der Waals surface area contributed by atoms with Crippen molar-refractivity contribution >= 4 is 46.9 Å². The lowest BCUT2D eigenvalue weighted by molar-refractivity contribution is -0.141. The maximum Gasteiger partial charge on any atom is 0.303 e. The highest BCUT2D eigenvalue weighted by molar-refractivity contribution is 6.32. The highest BCUT2D eigenvalue weighted by Crippen LogP contribution is 2.65. The van der Waals surface area contributed by atoms with Crippen molar-refractivity contribution in [2.24, 2.45) is 23.7 Å². The summed E-state index contributed by atoms with van der Waals surface area (Å²) in [5, 5.41) is 21.4. The number of aliphatic carboxylic acids is 1. The summed E-state index contributed by atoms with van der Waals surface area (Å²) < 4.78 is 6.06. The third-order valence-electron chi connectivity index (χ3n) is 12.1. The van der Waals surface area contributed by atoms with E-state index in [1.165, 1.54) is 15.9 Å². The monoisotopic (exact) mass is 772 g/mol. The van der Waals surface area contributed by atoms with E-state index in [1.807, 2.05) is 66.7 Å². The van der Waals surface area contributed by atoms with Gasteiger partial charge in [0.25, 0.3) is 0 Å². The summed E-state index contributed by atoms with van der Waals surface area (Å²) in [4.78, 5) is 72.2. The predicted octanol–water partition coefficient (Wildman–Crippen LogP) is 7.43. The van der Waals surface area contributed by atoms with E-state index in [0.29, 0.717) is 46.8 Å². The van der Waals surface area contributed by atoms with Crippen LogP contribution in [0.3, 0.4) is 0 Å². The van der Waals surface area contributed by atoms with Crippen LogP contribution in [0.1, 0.15) is 61.1 Å². The summed E-state index contributed by atoms with van der Waals surface area (Å²) in [6.07, 6.45) is 3.82. The number of carboxylic acids is 1. The number of benzene rings is 4. The van der Waals surface area contributed by atoms with Crippen LogP contribution in [0, 0.1) is 23.7 Å². The number of phenols is 1. The molecule has 4 aromatic carbocycles. The Hall–Kier alpha value is -5.74. The number of aromatic hydroxyl groups is 1. The van der Waals surface area contributed by atoms with Gasteiger partial charge in [-0.3, -0.25) is 28.9 Å². The summed E-state index contributed by atoms with van der Waals surface area (Å²) in [6.45, 7) is 0.446. The molecule has 0 bridgehead atoms. The van der Waals surface area contributed by atoms with Crippen LogP contribution in [0.15, 0.2) is 115 Å². The maximum absolute atomic E-state index is 15.5. The second kappa shape index (κ2) is 15.1. The number of likely N-dealkylation sites (tertiary alicyclic amines) is 1. The standard InChI is InChI=1S/C45H41ClN2O8/c46-29-15-10-16-30(23-29)48-42(53)36-25-35-32(20-21-34-39(35)43(54)47(41(34)52)22-9-3-8-17-38(50)51)40(45(36,44(48)55)28-13-6-2-7-14-28)33-19-18-31(24-37(33)49)56-26-27-11-4-1-5-12-27/h1-2,4-7,10-16,18-20,23-24,34-36,39-40,49H,3,8-9,17,21-22,25-26H2,(H,50,51)/t34-,35+,36-,39-,40+,45+/m0/s1. The first-order valence-corrected chi connectivity index (χ1v) is 19.4. The van der Waals surface area contributed by atoms with E-state index in [4.69, 9.17) is 21.4 Å². The van der Waals surface area contributed by atoms with Crippen LogP contribution in [0.5, 0.6) is 11.5 Å². The van der Waals surface area contributed by atoms with Gasteiger partial charge in [-0.15, -0.1) is 0 Å². The minimum atomic E-state index is -1.53. The van der Waals surface area contributed by atoms with Crippen molar-refractivity contribution in [1.29, 1.82) is 0 Å². The number of hydrogen-bond acceptors (Lipinski definition) is 7. The zero-order valence-corrected chi connectivity index (χ0v) is 31.3. The predicted molar refractivity (Wildman–Crippen MR) is 208 cm³/mol. The number of carbonyl (C=O) groups is 5. The lowest BCUT2D eigenvalue weighted by Gasteiger charge is -2.50. The molecule has 2 N–H and O–H groups in total. The number of rotatable bonds is 12. The van der Waals surface area contributed by atoms with Gasteiger partial charge in [-0.25, -0.2) is 4.90 Å². The molecule has 4 amide bonds. The number of unbranched alkanes of at least 4 members (excludes halogenated alkanes) is 2. The molecule has 10 nitrogen and oxygen atoms in total. The van der Waals surface area contributed by atoms with Gasteiger partial charge in [-0.05, 0) is 67.0 Å². The van der Waals surface area contributed by atoms with Gasteiger partial charge in [0.1, 0.15) is 18.1 Å². The first-order valence-electron chi connectivity index (χ1n) is 19.1. The van der Waals surface area contributed by atoms with Gasteiger partial charge in [0.05, 0.1) is 28.9 Å². The van der Waals surface area contributed by atoms with E-state index in [0.717, 1.165) is 11.1 Å². The number of anilines is 1. The van der Waals surface area contributed by atoms with Gasteiger partial charge < -0.3 is 14.9 Å². The topological polar surface area (TPSA) is 142 Å². The summed E-state index contributed by atoms with van der Waals surface area (Å²) in [7, 11) is 0. The van der Waals surface area contributed by atoms with Gasteiger partial charge in [0.15, 0.2) is 0 Å². The molecule has 2 heterocycles. The Morgan fingerprint density at radius 1 is 0.821 bits per heavy atom. The third-order valence-corrected chi connectivity index (χ3v) is 12.3. The first-order chi connectivity index (χ1) is 27.1. The first kappa shape index (κ1) is 37.2. The molecule has 4 aromatic rings. The highest BCUT2D eigenvalue weighted by Gasteiger charge is 2.70. The number of carboxylic acid groups (broad SMARTS) is 1. The number of amides is 4. The molecule has 0 unspecified atom stereocenters. The van der Waals surface area contributed by atoms with E-state index >= 15 is 4.79 Å². The number of imide groups is 2. The number of allylic oxidation sites excluding steroid dienone is 2. The molecule has 2 aliphatic carbocycles. The molecule has 11 heteroatoms. The fraction of sp³-hybridized carbons (Fsp3) is 0.311. The van der Waals surface area contributed by atoms with Crippen LogP contribution < -0.4 is 9.64 Å². The summed E-state index contributed by atoms with van der Waals surface area (Å²) >= 11 is 6.42. The minimum absolute atomic E-state index is 0.0143. The zero-order chi connectivity index (χ0) is 39.1. The molecule has 3 fully saturated rings. The second-order valence-corrected chi connectivity index (χ2v) is 15.6. The zero-order valence-electron chi connectivity index (χ0n) is 30.6. The molecule has 286 valence electrons. The third kappa shape index (κ3) is 6.26. The van der Waals surface area contributed by atoms with E-state index in [1.54, 1.807) is 36.4 Å². The molecule has 0 radical (unpaired) electrons. The lowest BCUT2D eigenvalue weighted by Crippen LogP contribution is -2.53. The lowest BCUT2D eigenvalue weighted by atomic mass is 9.49. The summed E-state index contributed by atoms with van der Waals surface area (Å²) in [5.41, 5.74) is 1.47. The van der Waals surface area contributed by atoms with Crippen molar-refractivity contribution in [3.63, 3.8) is 0 Å². The molecule has 2 aliphatic heterocycles. The molecule has 4 aliphatic rings. The largest absolute Gasteiger partial charge is 0.508 e. The average Bonchev–Trinajstić information content (AvgIpc) is 3.58. The Balaban J connectivity index is 1.24. The molecule has 0 aromatic heterocycles. The van der Waals surface area contributed by atoms with Crippen LogP contribution in [0.4, 0.5) is 5.69 Å². The van der Waals surface area contributed by atoms with E-state index in [2.05, 4.69) is 0 Å². The Morgan fingerprint density at radius 2 is 1.57 bits per heavy atom. The van der Waals surface area contributed by atoms with Crippen molar-refractivity contribution in [2.45, 2.75) is 56.5 Å². The number of fused-ring (bicyclic) bond motifs is 4. The second-order valence-electron chi connectivity index (χ2n) is 15.1. The SMILES string of the molecule is O=C(O)CCCCCN1C(=O)[C@H]2[C@H](CC=C3[C@H]2C[C@H]2C(=O)N(c4cccc(Cl)c4)C(=O)[C@@]2(c2ccccc2)[C@H]3c2ccc(OCc3ccccc3)cc2O)C1=O. The number of hydrogen-bond donors (Lipinski definition) is 2. The van der Waals surface area contributed by atoms with Gasteiger partial charge in [0, 0.05) is 35.5 Å². The van der Waals surface area contributed by atoms with E-state index < -0.39 is 52.8 Å². The Kier molecular flexibility index (Phi) is 10.0. The van der Waals surface area contributed by atoms with E-state index in [-0.39, 0.29) is 50.0 Å². The average molecular weight is 773 g/mol. The van der Waals surface area contributed by atoms with E-state index in [9.17, 15) is 24.3 Å². The molecule has 2 saturated heterocycles. The van der Waals surface area contributed by atoms with Gasteiger partial charge >= 0.3 is 5.97 Å². The molecular formula is C45H41ClN2O8. The van der Waals surface area contributed by atoms with Crippen LogP contribution in [0.25, 0.3) is 0 Å². The van der Waals surface area contributed by atoms with Crippen LogP contribution >= 0.6 is 11.6 Å². The molecule has 8 rings (SSSR count). The Morgan fingerprint density at radius 3 is 2.29 bits per heavy atom. The molecule has 56 heavy (non-hydrogen) atoms. The smallest absolute Gasteiger partial charge is 0.303 e. The minimum Gasteiger partial charge on any atom is -0.508 e. The Bertz CT molecular complexity index is 2240. The molecule has 1 saturated carbocycles. The number of halogens is 1. The van der Waals surface area contributed by atoms with Gasteiger partial charge in [-0.1, -0.05) is 102 Å². The number of carbonyl (C=O) groups excluding carboxylic acids is 4. The maximum atomic E-state index is 15.5. The summed E-state index contributed by atoms with van der Waals surface area (Å²) in [5.74, 6) is -5.97. The highest BCUT2D eigenvalue weighted by atomic mass is 35.5. The van der Waals surface area contributed by atoms with Crippen molar-refractivity contribution in [3.8, 4) is 11.5 Å². The van der Waals surface area contributed by atoms with Crippen molar-refractivity contribution in [1.82, 2.24) is 4.90 Å². The number of phenolic OH excluding ortho intramolecular Hbond substituents is 1.